The van der Waals surface area contributed by atoms with Gasteiger partial charge in [0.15, 0.2) is 6.10 Å². The Morgan fingerprint density at radius 3 is 0.622 bits per heavy atom. The second-order valence-electron chi connectivity index (χ2n) is 25.6. The van der Waals surface area contributed by atoms with Crippen molar-refractivity contribution in [3.8, 4) is 0 Å². The number of allylic oxidation sites excluding steroid dienone is 4. The summed E-state index contributed by atoms with van der Waals surface area (Å²) >= 11 is 0. The fourth-order valence-electron chi connectivity index (χ4n) is 11.6. The largest absolute Gasteiger partial charge is 0.462 e. The molecule has 0 aliphatic heterocycles. The molecule has 0 rings (SSSR count). The molecule has 6 nitrogen and oxygen atoms in total. The maximum absolute atomic E-state index is 12.9. The summed E-state index contributed by atoms with van der Waals surface area (Å²) in [6.07, 6.45) is 88.1. The lowest BCUT2D eigenvalue weighted by Crippen LogP contribution is -2.30. The zero-order valence-electron chi connectivity index (χ0n) is 55.8. The van der Waals surface area contributed by atoms with Gasteiger partial charge in [-0.2, -0.15) is 0 Å². The van der Waals surface area contributed by atoms with E-state index in [1.165, 1.54) is 321 Å². The van der Waals surface area contributed by atoms with Crippen LogP contribution in [0, 0.1) is 0 Å². The first-order valence-electron chi connectivity index (χ1n) is 37.3. The lowest BCUT2D eigenvalue weighted by molar-refractivity contribution is -0.167. The van der Waals surface area contributed by atoms with Crippen LogP contribution in [0.1, 0.15) is 425 Å². The summed E-state index contributed by atoms with van der Waals surface area (Å²) < 4.78 is 17.0. The summed E-state index contributed by atoms with van der Waals surface area (Å²) in [5.41, 5.74) is 0. The van der Waals surface area contributed by atoms with Crippen LogP contribution in [-0.2, 0) is 28.6 Å². The highest BCUT2D eigenvalue weighted by Gasteiger charge is 2.20. The van der Waals surface area contributed by atoms with E-state index < -0.39 is 6.10 Å². The lowest BCUT2D eigenvalue weighted by atomic mass is 10.0. The van der Waals surface area contributed by atoms with Crippen LogP contribution in [0.3, 0.4) is 0 Å². The normalized spacial score (nSPS) is 12.1. The fraction of sp³-hybridized carbons (Fsp3) is 0.908. The van der Waals surface area contributed by atoms with Crippen LogP contribution >= 0.6 is 0 Å². The first-order chi connectivity index (χ1) is 40.5. The number of esters is 3. The fourth-order valence-corrected chi connectivity index (χ4v) is 11.6. The molecule has 0 spiro atoms. The SMILES string of the molecule is CCCCCC/C=C\CCCCCCCC(=O)OCC(COC(=O)CCCCCCCCCCCCCCCCCCCCCCCCC/C=C\CCCCCCCCCC)OC(=O)CCCCCCCCCCCCCCCCCC. The molecule has 0 aliphatic carbocycles. The van der Waals surface area contributed by atoms with Crippen LogP contribution in [0.4, 0.5) is 0 Å². The molecule has 0 bridgehead atoms. The Hall–Kier alpha value is -2.11. The third-order valence-corrected chi connectivity index (χ3v) is 17.2. The van der Waals surface area contributed by atoms with E-state index in [0.717, 1.165) is 64.2 Å². The summed E-state index contributed by atoms with van der Waals surface area (Å²) in [6.45, 7) is 6.70. The first-order valence-corrected chi connectivity index (χ1v) is 37.3. The van der Waals surface area contributed by atoms with Gasteiger partial charge in [0.05, 0.1) is 0 Å². The molecular weight excluding hydrogens is 1010 g/mol. The third kappa shape index (κ3) is 68.7. The van der Waals surface area contributed by atoms with Gasteiger partial charge in [0.1, 0.15) is 13.2 Å². The van der Waals surface area contributed by atoms with Gasteiger partial charge in [0, 0.05) is 19.3 Å². The van der Waals surface area contributed by atoms with E-state index in [4.69, 9.17) is 14.2 Å². The number of carbonyl (C=O) groups excluding carboxylic acids is 3. The molecule has 0 N–H and O–H groups in total. The molecule has 0 saturated carbocycles. The standard InChI is InChI=1S/C76H144O6/c1-4-7-10-13-16-19-22-25-27-29-30-31-32-33-34-35-36-37-38-39-40-41-42-43-44-45-46-47-49-51-54-57-60-63-66-69-75(78)81-72-73(71-80-74(77)68-65-62-59-56-53-50-24-21-18-15-12-9-6-3)82-76(79)70-67-64-61-58-55-52-48-28-26-23-20-17-14-11-8-5-2/h21,24,29-30,73H,4-20,22-23,25-28,31-72H2,1-3H3/b24-21-,30-29-. The molecular formula is C76H144O6. The van der Waals surface area contributed by atoms with Crippen LogP contribution in [-0.4, -0.2) is 37.2 Å². The van der Waals surface area contributed by atoms with Gasteiger partial charge in [0.2, 0.25) is 0 Å². The predicted octanol–water partition coefficient (Wildman–Crippen LogP) is 25.7. The highest BCUT2D eigenvalue weighted by Crippen LogP contribution is 2.19. The summed E-state index contributed by atoms with van der Waals surface area (Å²) in [7, 11) is 0. The Morgan fingerprint density at radius 2 is 0.402 bits per heavy atom. The highest BCUT2D eigenvalue weighted by molar-refractivity contribution is 5.71. The topological polar surface area (TPSA) is 78.9 Å². The van der Waals surface area contributed by atoms with Crippen LogP contribution < -0.4 is 0 Å². The molecule has 0 aliphatic rings. The summed E-state index contributed by atoms with van der Waals surface area (Å²) in [4.78, 5) is 38.4. The van der Waals surface area contributed by atoms with Crippen molar-refractivity contribution >= 4 is 17.9 Å². The number of hydrogen-bond donors (Lipinski definition) is 0. The molecule has 0 heterocycles. The van der Waals surface area contributed by atoms with Gasteiger partial charge in [0.25, 0.3) is 0 Å². The average molecular weight is 1150 g/mol. The summed E-state index contributed by atoms with van der Waals surface area (Å²) in [5.74, 6) is -0.844. The van der Waals surface area contributed by atoms with Crippen molar-refractivity contribution in [2.24, 2.45) is 0 Å². The van der Waals surface area contributed by atoms with Gasteiger partial charge >= 0.3 is 17.9 Å². The molecule has 0 aromatic rings. The quantitative estimate of drug-likeness (QED) is 0.0261. The molecule has 82 heavy (non-hydrogen) atoms. The maximum atomic E-state index is 12.9. The second kappa shape index (κ2) is 71.4. The first kappa shape index (κ1) is 79.9. The van der Waals surface area contributed by atoms with Gasteiger partial charge in [-0.05, 0) is 70.6 Å². The van der Waals surface area contributed by atoms with Crippen molar-refractivity contribution in [1.29, 1.82) is 0 Å². The van der Waals surface area contributed by atoms with Crippen molar-refractivity contribution < 1.29 is 28.6 Å². The van der Waals surface area contributed by atoms with E-state index in [-0.39, 0.29) is 31.1 Å². The molecule has 1 atom stereocenters. The zero-order chi connectivity index (χ0) is 59.2. The number of carbonyl (C=O) groups is 3. The number of rotatable bonds is 70. The minimum atomic E-state index is -0.770. The maximum Gasteiger partial charge on any atom is 0.306 e. The van der Waals surface area contributed by atoms with Crippen LogP contribution in [0.2, 0.25) is 0 Å². The van der Waals surface area contributed by atoms with E-state index >= 15 is 0 Å². The van der Waals surface area contributed by atoms with Gasteiger partial charge in [-0.1, -0.05) is 360 Å². The lowest BCUT2D eigenvalue weighted by Gasteiger charge is -2.18. The Bertz CT molecular complexity index is 1320. The third-order valence-electron chi connectivity index (χ3n) is 17.2. The second-order valence-corrected chi connectivity index (χ2v) is 25.6. The molecule has 484 valence electrons. The van der Waals surface area contributed by atoms with Crippen molar-refractivity contribution in [3.05, 3.63) is 24.3 Å². The zero-order valence-corrected chi connectivity index (χ0v) is 55.8. The summed E-state index contributed by atoms with van der Waals surface area (Å²) in [5, 5.41) is 0. The monoisotopic (exact) mass is 1150 g/mol. The minimum absolute atomic E-state index is 0.0669. The number of ether oxygens (including phenoxy) is 3. The summed E-state index contributed by atoms with van der Waals surface area (Å²) in [6, 6.07) is 0. The number of unbranched alkanes of at least 4 members (excludes halogenated alkanes) is 55. The van der Waals surface area contributed by atoms with Crippen LogP contribution in [0.15, 0.2) is 24.3 Å². The molecule has 0 radical (unpaired) electrons. The molecule has 0 saturated heterocycles. The minimum Gasteiger partial charge on any atom is -0.462 e. The van der Waals surface area contributed by atoms with Gasteiger partial charge < -0.3 is 14.2 Å². The Labute approximate surface area is 513 Å². The Kier molecular flexibility index (Phi) is 69.5. The molecule has 6 heteroatoms. The molecule has 0 aromatic heterocycles. The highest BCUT2D eigenvalue weighted by atomic mass is 16.6. The van der Waals surface area contributed by atoms with Gasteiger partial charge in [-0.15, -0.1) is 0 Å². The molecule has 0 amide bonds. The van der Waals surface area contributed by atoms with Gasteiger partial charge in [-0.25, -0.2) is 0 Å². The van der Waals surface area contributed by atoms with Gasteiger partial charge in [-0.3, -0.25) is 14.4 Å². The Morgan fingerprint density at radius 1 is 0.232 bits per heavy atom. The van der Waals surface area contributed by atoms with Crippen molar-refractivity contribution in [1.82, 2.24) is 0 Å². The van der Waals surface area contributed by atoms with Crippen LogP contribution in [0.5, 0.6) is 0 Å². The van der Waals surface area contributed by atoms with E-state index in [0.29, 0.717) is 19.3 Å². The average Bonchev–Trinajstić information content (AvgIpc) is 3.47. The number of hydrogen-bond acceptors (Lipinski definition) is 6. The molecule has 0 fully saturated rings. The molecule has 1 unspecified atom stereocenters. The predicted molar refractivity (Wildman–Crippen MR) is 358 cm³/mol. The van der Waals surface area contributed by atoms with Crippen molar-refractivity contribution in [2.75, 3.05) is 13.2 Å². The van der Waals surface area contributed by atoms with E-state index in [9.17, 15) is 14.4 Å². The van der Waals surface area contributed by atoms with Crippen molar-refractivity contribution in [2.45, 2.75) is 431 Å². The smallest absolute Gasteiger partial charge is 0.306 e. The van der Waals surface area contributed by atoms with E-state index in [1.54, 1.807) is 0 Å². The van der Waals surface area contributed by atoms with E-state index in [2.05, 4.69) is 45.1 Å². The Balaban J connectivity index is 4.04. The molecule has 0 aromatic carbocycles. The van der Waals surface area contributed by atoms with Crippen molar-refractivity contribution in [3.63, 3.8) is 0 Å². The van der Waals surface area contributed by atoms with E-state index in [1.807, 2.05) is 0 Å². The van der Waals surface area contributed by atoms with Crippen LogP contribution in [0.25, 0.3) is 0 Å².